The molecular formula is C5H9AlCl4N2. The lowest BCUT2D eigenvalue weighted by molar-refractivity contribution is -0.733. The lowest BCUT2D eigenvalue weighted by Crippen LogP contribution is -3.05. The van der Waals surface area contributed by atoms with Gasteiger partial charge in [-0.2, -0.15) is 0 Å². The van der Waals surface area contributed by atoms with Crippen molar-refractivity contribution >= 4 is 55.9 Å². The van der Waals surface area contributed by atoms with Gasteiger partial charge in [0.2, 0.25) is 0 Å². The molecule has 70 valence electrons. The summed E-state index contributed by atoms with van der Waals surface area (Å²) in [5.74, 6) is 0. The molecule has 7 heteroatoms. The van der Waals surface area contributed by atoms with Gasteiger partial charge in [0.25, 0.3) is 0 Å². The molecule has 0 radical (unpaired) electrons. The Morgan fingerprint density at radius 2 is 1.83 bits per heavy atom. The highest BCUT2D eigenvalue weighted by molar-refractivity contribution is 7.81. The van der Waals surface area contributed by atoms with E-state index in [1.807, 2.05) is 18.7 Å². The van der Waals surface area contributed by atoms with Crippen molar-refractivity contribution in [3.05, 3.63) is 12.4 Å². The van der Waals surface area contributed by atoms with Gasteiger partial charge in [-0.15, -0.1) is 0 Å². The number of nitrogens with one attached hydrogen (secondary N) is 1. The molecule has 0 aromatic heterocycles. The van der Waals surface area contributed by atoms with E-state index in [0.717, 1.165) is 6.54 Å². The number of hydrogen-bond acceptors (Lipinski definition) is 1. The maximum absolute atomic E-state index is 4.99. The third-order valence-electron chi connectivity index (χ3n) is 1.02. The van der Waals surface area contributed by atoms with E-state index in [4.69, 9.17) is 40.2 Å². The number of nitrogens with zero attached hydrogens (tertiary/aromatic N) is 1. The van der Waals surface area contributed by atoms with E-state index in [9.17, 15) is 0 Å². The Labute approximate surface area is 91.2 Å². The van der Waals surface area contributed by atoms with Gasteiger partial charge < -0.3 is 40.2 Å². The standard InChI is InChI=1S/C5H8N2.Al.4ClH/c1-2-7-4-3-6-5-7;;;;;/h3-5H,2H2,1H3;;4*1H/q;+3;;;;/p-3. The van der Waals surface area contributed by atoms with Crippen molar-refractivity contribution in [1.82, 2.24) is 0 Å². The van der Waals surface area contributed by atoms with Gasteiger partial charge >= 0.3 is 9.39 Å². The molecule has 1 N–H and O–H groups in total. The topological polar surface area (TPSA) is 16.8 Å². The molecule has 2 nitrogen and oxygen atoms in total. The monoisotopic (exact) mass is 264 g/mol. The summed E-state index contributed by atoms with van der Waals surface area (Å²) in [6.07, 6.45) is 5.73. The van der Waals surface area contributed by atoms with Crippen LogP contribution in [-0.4, -0.2) is 22.3 Å². The average molecular weight is 266 g/mol. The van der Waals surface area contributed by atoms with Gasteiger partial charge in [0.15, 0.2) is 6.34 Å². The molecular weight excluding hydrogens is 257 g/mol. The SMILES string of the molecule is CC[NH+]1C=CN=C1.[Cl][Al-]([Cl])([Cl])[Cl]. The first-order valence-corrected chi connectivity index (χ1v) is 10.3. The molecule has 0 amide bonds. The normalized spacial score (nSPS) is 20.6. The molecule has 0 fully saturated rings. The van der Waals surface area contributed by atoms with Crippen molar-refractivity contribution in [2.24, 2.45) is 4.99 Å². The summed E-state index contributed by atoms with van der Waals surface area (Å²) in [6.45, 7) is 3.22. The Bertz CT molecular complexity index is 159. The first-order valence-electron chi connectivity index (χ1n) is 3.36. The van der Waals surface area contributed by atoms with Crippen LogP contribution in [0.15, 0.2) is 17.4 Å². The number of rotatable bonds is 1. The van der Waals surface area contributed by atoms with E-state index in [-0.39, 0.29) is 0 Å². The molecule has 0 saturated heterocycles. The molecule has 0 aromatic rings. The molecule has 0 aliphatic carbocycles. The summed E-state index contributed by atoms with van der Waals surface area (Å²) in [5.41, 5.74) is 0. The van der Waals surface area contributed by atoms with E-state index < -0.39 is 9.39 Å². The zero-order valence-electron chi connectivity index (χ0n) is 6.48. The predicted molar refractivity (Wildman–Crippen MR) is 58.3 cm³/mol. The Hall–Kier alpha value is 1.06. The summed E-state index contributed by atoms with van der Waals surface area (Å²) < 4.78 is 0. The highest BCUT2D eigenvalue weighted by Crippen LogP contribution is 2.23. The van der Waals surface area contributed by atoms with Crippen LogP contribution in [0.5, 0.6) is 0 Å². The number of quaternary nitrogens is 1. The van der Waals surface area contributed by atoms with Gasteiger partial charge in [0, 0.05) is 0 Å². The fourth-order valence-electron chi connectivity index (χ4n) is 0.530. The molecule has 0 aromatic carbocycles. The average Bonchev–Trinajstić information content (AvgIpc) is 2.33. The Morgan fingerprint density at radius 3 is 2.00 bits per heavy atom. The molecule has 1 atom stereocenters. The first-order chi connectivity index (χ1) is 5.43. The van der Waals surface area contributed by atoms with Crippen LogP contribution in [0.2, 0.25) is 0 Å². The summed E-state index contributed by atoms with van der Waals surface area (Å²) in [7, 11) is 17.0. The molecule has 0 spiro atoms. The maximum atomic E-state index is 4.99. The third kappa shape index (κ3) is 11.1. The van der Waals surface area contributed by atoms with E-state index >= 15 is 0 Å². The minimum atomic E-state index is -2.94. The molecule has 0 bridgehead atoms. The summed E-state index contributed by atoms with van der Waals surface area (Å²) in [4.78, 5) is 5.21. The zero-order valence-corrected chi connectivity index (χ0v) is 10.7. The minimum absolute atomic E-state index is 1.10. The van der Waals surface area contributed by atoms with Crippen molar-refractivity contribution in [2.75, 3.05) is 6.54 Å². The Morgan fingerprint density at radius 1 is 1.33 bits per heavy atom. The minimum Gasteiger partial charge on any atom is -0.391 e. The largest absolute Gasteiger partial charge is 0.564 e. The van der Waals surface area contributed by atoms with Crippen LogP contribution < -0.4 is 4.90 Å². The maximum Gasteiger partial charge on any atom is 0.564 e. The van der Waals surface area contributed by atoms with E-state index in [2.05, 4.69) is 11.9 Å². The second-order valence-electron chi connectivity index (χ2n) is 2.02. The summed E-state index contributed by atoms with van der Waals surface area (Å²) >= 11 is 0. The Kier molecular flexibility index (Phi) is 7.08. The molecule has 1 aliphatic heterocycles. The van der Waals surface area contributed by atoms with Crippen LogP contribution in [0.25, 0.3) is 0 Å². The highest BCUT2D eigenvalue weighted by atomic mass is 35.9. The van der Waals surface area contributed by atoms with Crippen LogP contribution >= 0.6 is 40.2 Å². The van der Waals surface area contributed by atoms with E-state index in [1.165, 1.54) is 4.90 Å². The van der Waals surface area contributed by atoms with Gasteiger partial charge in [0.05, 0.1) is 12.7 Å². The van der Waals surface area contributed by atoms with Crippen molar-refractivity contribution in [3.63, 3.8) is 0 Å². The van der Waals surface area contributed by atoms with E-state index in [1.54, 1.807) is 0 Å². The Balaban J connectivity index is 0.000000217. The van der Waals surface area contributed by atoms with Crippen LogP contribution in [0.1, 0.15) is 6.92 Å². The first kappa shape index (κ1) is 13.1. The van der Waals surface area contributed by atoms with Gasteiger partial charge in [0.1, 0.15) is 6.20 Å². The highest BCUT2D eigenvalue weighted by Gasteiger charge is 2.14. The van der Waals surface area contributed by atoms with E-state index in [0.29, 0.717) is 0 Å². The number of halogens is 4. The molecule has 1 aliphatic rings. The zero-order chi connectivity index (χ0) is 9.61. The fraction of sp³-hybridized carbons (Fsp3) is 0.400. The van der Waals surface area contributed by atoms with Crippen LogP contribution in [0.3, 0.4) is 0 Å². The number of hydrogen-bond donors (Lipinski definition) is 1. The van der Waals surface area contributed by atoms with Crippen LogP contribution in [0, 0.1) is 0 Å². The van der Waals surface area contributed by atoms with Gasteiger partial charge in [-0.25, -0.2) is 4.99 Å². The second kappa shape index (κ2) is 6.51. The van der Waals surface area contributed by atoms with Crippen LogP contribution in [-0.2, 0) is 0 Å². The molecule has 1 heterocycles. The molecule has 1 rings (SSSR count). The lowest BCUT2D eigenvalue weighted by atomic mass is 10.7. The summed E-state index contributed by atoms with van der Waals surface area (Å²) in [5, 5.41) is 0. The fourth-order valence-corrected chi connectivity index (χ4v) is 0.530. The van der Waals surface area contributed by atoms with Crippen molar-refractivity contribution in [3.8, 4) is 0 Å². The van der Waals surface area contributed by atoms with Gasteiger partial charge in [-0.3, -0.25) is 4.90 Å². The second-order valence-corrected chi connectivity index (χ2v) is 14.9. The van der Waals surface area contributed by atoms with Crippen LogP contribution in [0.4, 0.5) is 0 Å². The van der Waals surface area contributed by atoms with Gasteiger partial charge in [-0.1, -0.05) is 0 Å². The third-order valence-corrected chi connectivity index (χ3v) is 1.02. The lowest BCUT2D eigenvalue weighted by Gasteiger charge is -1.97. The molecule has 1 unspecified atom stereocenters. The predicted octanol–water partition coefficient (Wildman–Crippen LogP) is 1.78. The number of aliphatic imine (C=N–C) groups is 1. The van der Waals surface area contributed by atoms with Crippen molar-refractivity contribution in [1.29, 1.82) is 0 Å². The molecule has 0 saturated carbocycles. The summed E-state index contributed by atoms with van der Waals surface area (Å²) in [6, 6.07) is 0. The van der Waals surface area contributed by atoms with Gasteiger partial charge in [-0.05, 0) is 6.92 Å². The molecule has 12 heavy (non-hydrogen) atoms. The smallest absolute Gasteiger partial charge is 0.391 e. The quantitative estimate of drug-likeness (QED) is 0.697. The van der Waals surface area contributed by atoms with Crippen molar-refractivity contribution < 1.29 is 4.90 Å². The van der Waals surface area contributed by atoms with Crippen molar-refractivity contribution in [2.45, 2.75) is 6.92 Å².